The third-order valence-electron chi connectivity index (χ3n) is 3.72. The van der Waals surface area contributed by atoms with Gasteiger partial charge >= 0.3 is 0 Å². The SMILES string of the molecule is CCCN(CCC)C(=O)CCN(C(C)=O)c1ccc(Br)cc1C. The molecule has 0 aliphatic carbocycles. The minimum absolute atomic E-state index is 0.0410. The second kappa shape index (κ2) is 9.71. The highest BCUT2D eigenvalue weighted by molar-refractivity contribution is 9.10. The maximum absolute atomic E-state index is 12.4. The lowest BCUT2D eigenvalue weighted by Crippen LogP contribution is -2.37. The van der Waals surface area contributed by atoms with E-state index < -0.39 is 0 Å². The number of aryl methyl sites for hydroxylation is 1. The summed E-state index contributed by atoms with van der Waals surface area (Å²) < 4.78 is 0.982. The molecule has 1 aromatic carbocycles. The number of amides is 2. The Hall–Kier alpha value is -1.36. The van der Waals surface area contributed by atoms with Crippen molar-refractivity contribution in [3.05, 3.63) is 28.2 Å². The molecule has 0 aromatic heterocycles. The van der Waals surface area contributed by atoms with E-state index in [2.05, 4.69) is 29.8 Å². The van der Waals surface area contributed by atoms with Gasteiger partial charge in [0.2, 0.25) is 11.8 Å². The fourth-order valence-electron chi connectivity index (χ4n) is 2.64. The van der Waals surface area contributed by atoms with Gasteiger partial charge in [-0.2, -0.15) is 0 Å². The Balaban J connectivity index is 2.80. The normalized spacial score (nSPS) is 10.5. The molecule has 0 aliphatic rings. The zero-order valence-electron chi connectivity index (χ0n) is 14.6. The molecule has 2 amide bonds. The summed E-state index contributed by atoms with van der Waals surface area (Å²) in [6.45, 7) is 9.64. The van der Waals surface area contributed by atoms with E-state index in [4.69, 9.17) is 0 Å². The second-order valence-electron chi connectivity index (χ2n) is 5.73. The molecule has 0 spiro atoms. The summed E-state index contributed by atoms with van der Waals surface area (Å²) in [4.78, 5) is 28.0. The summed E-state index contributed by atoms with van der Waals surface area (Å²) in [6.07, 6.45) is 2.26. The van der Waals surface area contributed by atoms with Crippen molar-refractivity contribution >= 4 is 33.4 Å². The van der Waals surface area contributed by atoms with Crippen molar-refractivity contribution in [2.45, 2.75) is 47.0 Å². The number of anilines is 1. The topological polar surface area (TPSA) is 40.6 Å². The minimum Gasteiger partial charge on any atom is -0.343 e. The highest BCUT2D eigenvalue weighted by atomic mass is 79.9. The van der Waals surface area contributed by atoms with Gasteiger partial charge in [0.05, 0.1) is 0 Å². The zero-order chi connectivity index (χ0) is 17.4. The van der Waals surface area contributed by atoms with Crippen molar-refractivity contribution in [3.8, 4) is 0 Å². The lowest BCUT2D eigenvalue weighted by Gasteiger charge is -2.26. The molecule has 128 valence electrons. The van der Waals surface area contributed by atoms with Gasteiger partial charge < -0.3 is 9.80 Å². The Morgan fingerprint density at radius 1 is 1.09 bits per heavy atom. The van der Waals surface area contributed by atoms with Gasteiger partial charge in [-0.1, -0.05) is 29.8 Å². The van der Waals surface area contributed by atoms with E-state index in [1.54, 1.807) is 11.8 Å². The number of hydrogen-bond acceptors (Lipinski definition) is 2. The predicted molar refractivity (Wildman–Crippen MR) is 98.7 cm³/mol. The quantitative estimate of drug-likeness (QED) is 0.677. The summed E-state index contributed by atoms with van der Waals surface area (Å²) in [5.41, 5.74) is 1.88. The first kappa shape index (κ1) is 19.7. The molecule has 5 heteroatoms. The van der Waals surface area contributed by atoms with Crippen LogP contribution in [0.1, 0.15) is 45.6 Å². The molecule has 0 bridgehead atoms. The molecule has 0 heterocycles. The molecule has 23 heavy (non-hydrogen) atoms. The van der Waals surface area contributed by atoms with Gasteiger partial charge in [-0.05, 0) is 43.5 Å². The monoisotopic (exact) mass is 382 g/mol. The molecular weight excluding hydrogens is 356 g/mol. The van der Waals surface area contributed by atoms with Crippen molar-refractivity contribution in [1.82, 2.24) is 4.90 Å². The number of nitrogens with zero attached hydrogens (tertiary/aromatic N) is 2. The van der Waals surface area contributed by atoms with Crippen LogP contribution in [-0.4, -0.2) is 36.3 Å². The van der Waals surface area contributed by atoms with Crippen molar-refractivity contribution in [1.29, 1.82) is 0 Å². The van der Waals surface area contributed by atoms with E-state index >= 15 is 0 Å². The average Bonchev–Trinajstić information content (AvgIpc) is 2.48. The van der Waals surface area contributed by atoms with Crippen LogP contribution in [0.5, 0.6) is 0 Å². The van der Waals surface area contributed by atoms with E-state index in [1.165, 1.54) is 0 Å². The molecule has 1 aromatic rings. The Kier molecular flexibility index (Phi) is 8.31. The van der Waals surface area contributed by atoms with Crippen LogP contribution in [0.4, 0.5) is 5.69 Å². The number of hydrogen-bond donors (Lipinski definition) is 0. The molecule has 0 atom stereocenters. The minimum atomic E-state index is -0.0410. The van der Waals surface area contributed by atoms with Crippen LogP contribution < -0.4 is 4.90 Å². The molecule has 0 saturated carbocycles. The predicted octanol–water partition coefficient (Wildman–Crippen LogP) is 4.15. The van der Waals surface area contributed by atoms with Gasteiger partial charge in [-0.25, -0.2) is 0 Å². The van der Waals surface area contributed by atoms with Crippen molar-refractivity contribution in [2.24, 2.45) is 0 Å². The van der Waals surface area contributed by atoms with Gasteiger partial charge in [0.1, 0.15) is 0 Å². The largest absolute Gasteiger partial charge is 0.343 e. The standard InChI is InChI=1S/C18H27BrN2O2/c1-5-10-20(11-6-2)18(23)9-12-21(15(4)22)17-8-7-16(19)13-14(17)3/h7-8,13H,5-6,9-12H2,1-4H3. The number of benzene rings is 1. The van der Waals surface area contributed by atoms with Gasteiger partial charge in [-0.3, -0.25) is 9.59 Å². The Morgan fingerprint density at radius 3 is 2.17 bits per heavy atom. The maximum atomic E-state index is 12.4. The maximum Gasteiger partial charge on any atom is 0.224 e. The first-order chi connectivity index (χ1) is 10.9. The first-order valence-electron chi connectivity index (χ1n) is 8.22. The zero-order valence-corrected chi connectivity index (χ0v) is 16.1. The molecule has 0 radical (unpaired) electrons. The molecule has 1 rings (SSSR count). The van der Waals surface area contributed by atoms with Crippen LogP contribution in [0.15, 0.2) is 22.7 Å². The first-order valence-corrected chi connectivity index (χ1v) is 9.02. The summed E-state index contributed by atoms with van der Waals surface area (Å²) in [7, 11) is 0. The van der Waals surface area contributed by atoms with Crippen molar-refractivity contribution < 1.29 is 9.59 Å². The molecule has 0 saturated heterocycles. The highest BCUT2D eigenvalue weighted by Crippen LogP contribution is 2.24. The second-order valence-corrected chi connectivity index (χ2v) is 6.65. The van der Waals surface area contributed by atoms with Gasteiger partial charge in [-0.15, -0.1) is 0 Å². The third-order valence-corrected chi connectivity index (χ3v) is 4.21. The fourth-order valence-corrected chi connectivity index (χ4v) is 3.11. The van der Waals surface area contributed by atoms with E-state index in [1.807, 2.05) is 30.0 Å². The van der Waals surface area contributed by atoms with Crippen molar-refractivity contribution in [2.75, 3.05) is 24.5 Å². The number of carbonyl (C=O) groups is 2. The lowest BCUT2D eigenvalue weighted by molar-refractivity contribution is -0.131. The van der Waals surface area contributed by atoms with Crippen LogP contribution in [-0.2, 0) is 9.59 Å². The van der Waals surface area contributed by atoms with Crippen molar-refractivity contribution in [3.63, 3.8) is 0 Å². The summed E-state index contributed by atoms with van der Waals surface area (Å²) in [6, 6.07) is 5.81. The van der Waals surface area contributed by atoms with Crippen LogP contribution in [0.3, 0.4) is 0 Å². The number of carbonyl (C=O) groups excluding carboxylic acids is 2. The molecule has 4 nitrogen and oxygen atoms in total. The molecular formula is C18H27BrN2O2. The molecule has 0 unspecified atom stereocenters. The van der Waals surface area contributed by atoms with E-state index in [0.29, 0.717) is 13.0 Å². The number of halogens is 1. The average molecular weight is 383 g/mol. The molecule has 0 aliphatic heterocycles. The van der Waals surface area contributed by atoms with Gasteiger partial charge in [0.15, 0.2) is 0 Å². The molecule has 0 N–H and O–H groups in total. The van der Waals surface area contributed by atoms with Crippen LogP contribution in [0, 0.1) is 6.92 Å². The molecule has 0 fully saturated rings. The van der Waals surface area contributed by atoms with E-state index in [9.17, 15) is 9.59 Å². The third kappa shape index (κ3) is 5.98. The van der Waals surface area contributed by atoms with Crippen LogP contribution in [0.25, 0.3) is 0 Å². The smallest absolute Gasteiger partial charge is 0.224 e. The Labute approximate surface area is 148 Å². The Morgan fingerprint density at radius 2 is 1.70 bits per heavy atom. The fraction of sp³-hybridized carbons (Fsp3) is 0.556. The highest BCUT2D eigenvalue weighted by Gasteiger charge is 2.18. The van der Waals surface area contributed by atoms with Crippen LogP contribution >= 0.6 is 15.9 Å². The van der Waals surface area contributed by atoms with Gasteiger partial charge in [0.25, 0.3) is 0 Å². The van der Waals surface area contributed by atoms with E-state index in [-0.39, 0.29) is 11.8 Å². The van der Waals surface area contributed by atoms with Gasteiger partial charge in [0, 0.05) is 43.1 Å². The van der Waals surface area contributed by atoms with Crippen LogP contribution in [0.2, 0.25) is 0 Å². The summed E-state index contributed by atoms with van der Waals surface area (Å²) >= 11 is 3.43. The number of rotatable bonds is 8. The van der Waals surface area contributed by atoms with E-state index in [0.717, 1.165) is 41.7 Å². The Bertz CT molecular complexity index is 540. The summed E-state index contributed by atoms with van der Waals surface area (Å²) in [5.74, 6) is 0.0791. The summed E-state index contributed by atoms with van der Waals surface area (Å²) in [5, 5.41) is 0. The lowest BCUT2D eigenvalue weighted by atomic mass is 10.1.